The van der Waals surface area contributed by atoms with E-state index in [9.17, 15) is 0 Å². The Hall–Kier alpha value is 2.32. The van der Waals surface area contributed by atoms with Crippen LogP contribution in [0.3, 0.4) is 0 Å². The minimum atomic E-state index is 0. The molecule has 0 atom stereocenters. The van der Waals surface area contributed by atoms with Crippen LogP contribution in [0.1, 0.15) is 0 Å². The molecule has 0 fully saturated rings. The summed E-state index contributed by atoms with van der Waals surface area (Å²) in [6.45, 7) is 0. The van der Waals surface area contributed by atoms with E-state index in [0.717, 1.165) is 0 Å². The van der Waals surface area contributed by atoms with E-state index in [-0.39, 0.29) is 84.4 Å². The van der Waals surface area contributed by atoms with E-state index in [1.807, 2.05) is 0 Å². The number of hydrogen-bond donors (Lipinski definition) is 1. The van der Waals surface area contributed by atoms with Crippen molar-refractivity contribution in [1.29, 1.82) is 0 Å². The molecule has 0 aromatic carbocycles. The van der Waals surface area contributed by atoms with Crippen molar-refractivity contribution in [3.8, 4) is 0 Å². The van der Waals surface area contributed by atoms with Crippen LogP contribution < -0.4 is 57.1 Å². The van der Waals surface area contributed by atoms with Crippen molar-refractivity contribution in [3.63, 3.8) is 0 Å². The monoisotopic (exact) mass is 463 g/mol. The first-order chi connectivity index (χ1) is 0. The smallest absolute Gasteiger partial charge is 1.00 e. The molecular formula is H4Br3NPb. The molecule has 2 radical (unpaired) electrons. The van der Waals surface area contributed by atoms with Gasteiger partial charge in [0.25, 0.3) is 0 Å². The topological polar surface area (TPSA) is 36.5 Å². The molecule has 34 valence electrons. The number of halogens is 3. The van der Waals surface area contributed by atoms with Crippen LogP contribution in [0.5, 0.6) is 0 Å². The van der Waals surface area contributed by atoms with Gasteiger partial charge in [0.05, 0.1) is 0 Å². The Morgan fingerprint density at radius 3 is 0.600 bits per heavy atom. The summed E-state index contributed by atoms with van der Waals surface area (Å²) in [4.78, 5) is 0. The Balaban J connectivity index is 0. The SMILES string of the molecule is [Br-].[Br-].[Br-].[NH4+].[Pb+2]. The zero-order valence-corrected chi connectivity index (χ0v) is 11.3. The Morgan fingerprint density at radius 2 is 0.600 bits per heavy atom. The molecule has 0 spiro atoms. The van der Waals surface area contributed by atoms with Gasteiger partial charge in [-0.1, -0.05) is 0 Å². The fraction of sp³-hybridized carbons (Fsp3) is 0. The summed E-state index contributed by atoms with van der Waals surface area (Å²) in [7, 11) is 0. The van der Waals surface area contributed by atoms with Crippen LogP contribution in [0.4, 0.5) is 0 Å². The number of quaternary nitrogens is 1. The van der Waals surface area contributed by atoms with E-state index in [0.29, 0.717) is 0 Å². The minimum Gasteiger partial charge on any atom is -1.00 e. The molecule has 0 saturated carbocycles. The van der Waals surface area contributed by atoms with Gasteiger partial charge >= 0.3 is 27.3 Å². The van der Waals surface area contributed by atoms with Crippen LogP contribution in [0, 0.1) is 0 Å². The maximum atomic E-state index is 0. The van der Waals surface area contributed by atoms with Gasteiger partial charge in [0.2, 0.25) is 0 Å². The summed E-state index contributed by atoms with van der Waals surface area (Å²) < 4.78 is 0. The third-order valence-electron chi connectivity index (χ3n) is 0. The largest absolute Gasteiger partial charge is 2.00 e. The zero-order valence-electron chi connectivity index (χ0n) is 2.63. The van der Waals surface area contributed by atoms with Gasteiger partial charge in [0.1, 0.15) is 0 Å². The van der Waals surface area contributed by atoms with E-state index in [4.69, 9.17) is 0 Å². The molecule has 0 aliphatic rings. The molecule has 0 aliphatic carbocycles. The van der Waals surface area contributed by atoms with E-state index < -0.39 is 0 Å². The van der Waals surface area contributed by atoms with Gasteiger partial charge in [-0.05, 0) is 0 Å². The first-order valence-electron chi connectivity index (χ1n) is 0. The van der Waals surface area contributed by atoms with Gasteiger partial charge in [-0.15, -0.1) is 0 Å². The van der Waals surface area contributed by atoms with E-state index in [2.05, 4.69) is 0 Å². The Labute approximate surface area is 83.3 Å². The molecule has 0 aromatic heterocycles. The summed E-state index contributed by atoms with van der Waals surface area (Å²) >= 11 is 0. The van der Waals surface area contributed by atoms with Crippen LogP contribution in [-0.2, 0) is 0 Å². The molecule has 4 N–H and O–H groups in total. The van der Waals surface area contributed by atoms with Crippen LogP contribution in [0.2, 0.25) is 0 Å². The third-order valence-corrected chi connectivity index (χ3v) is 0. The first kappa shape index (κ1) is 54.3. The van der Waals surface area contributed by atoms with Crippen LogP contribution in [0.25, 0.3) is 0 Å². The molecule has 0 aromatic rings. The second kappa shape index (κ2) is 33.2. The average molecular weight is 465 g/mol. The third kappa shape index (κ3) is 21.9. The van der Waals surface area contributed by atoms with Crippen molar-refractivity contribution in [2.45, 2.75) is 0 Å². The fourth-order valence-electron chi connectivity index (χ4n) is 0. The van der Waals surface area contributed by atoms with Crippen molar-refractivity contribution in [1.82, 2.24) is 6.15 Å². The molecular weight excluding hydrogens is 461 g/mol. The van der Waals surface area contributed by atoms with Gasteiger partial charge in [-0.25, -0.2) is 0 Å². The van der Waals surface area contributed by atoms with Gasteiger partial charge in [0, 0.05) is 0 Å². The summed E-state index contributed by atoms with van der Waals surface area (Å²) in [5.74, 6) is 0. The maximum absolute atomic E-state index is 0. The Bertz CT molecular complexity index is 6.85. The maximum Gasteiger partial charge on any atom is 2.00 e. The molecule has 1 nitrogen and oxygen atoms in total. The minimum absolute atomic E-state index is 0. The van der Waals surface area contributed by atoms with Crippen molar-refractivity contribution in [2.24, 2.45) is 0 Å². The van der Waals surface area contributed by atoms with Crippen molar-refractivity contribution < 1.29 is 50.9 Å². The predicted molar refractivity (Wildman–Crippen MR) is 11.7 cm³/mol. The van der Waals surface area contributed by atoms with Crippen molar-refractivity contribution in [3.05, 3.63) is 0 Å². The first-order valence-corrected chi connectivity index (χ1v) is 0. The summed E-state index contributed by atoms with van der Waals surface area (Å²) in [5, 5.41) is 0. The summed E-state index contributed by atoms with van der Waals surface area (Å²) in [6, 6.07) is 0. The van der Waals surface area contributed by atoms with Crippen molar-refractivity contribution >= 4 is 27.3 Å². The Kier molecular flexibility index (Phi) is 360. The standard InChI is InChI=1S/3BrH.H3N.Pb/h3*1H;1H3;/q;;;;+2/p-2. The quantitative estimate of drug-likeness (QED) is 0.346. The average Bonchev–Trinajstić information content (AvgIpc) is 0. The van der Waals surface area contributed by atoms with E-state index >= 15 is 0 Å². The normalized spacial score (nSPS) is 0. The molecule has 0 amide bonds. The molecule has 0 unspecified atom stereocenters. The zero-order chi connectivity index (χ0) is 0. The Morgan fingerprint density at radius 1 is 0.600 bits per heavy atom. The van der Waals surface area contributed by atoms with Gasteiger partial charge < -0.3 is 57.1 Å². The second-order valence-electron chi connectivity index (χ2n) is 0. The fourth-order valence-corrected chi connectivity index (χ4v) is 0. The van der Waals surface area contributed by atoms with Gasteiger partial charge in [-0.3, -0.25) is 0 Å². The van der Waals surface area contributed by atoms with Gasteiger partial charge in [-0.2, -0.15) is 0 Å². The van der Waals surface area contributed by atoms with Gasteiger partial charge in [0.15, 0.2) is 0 Å². The summed E-state index contributed by atoms with van der Waals surface area (Å²) in [6.07, 6.45) is 0. The molecule has 0 saturated heterocycles. The summed E-state index contributed by atoms with van der Waals surface area (Å²) in [5.41, 5.74) is 0. The van der Waals surface area contributed by atoms with Crippen LogP contribution >= 0.6 is 0 Å². The molecule has 0 aliphatic heterocycles. The van der Waals surface area contributed by atoms with E-state index in [1.165, 1.54) is 0 Å². The second-order valence-corrected chi connectivity index (χ2v) is 0. The molecule has 5 heteroatoms. The number of hydrogen-bond acceptors (Lipinski definition) is 0. The molecule has 0 heterocycles. The van der Waals surface area contributed by atoms with Crippen molar-refractivity contribution in [2.75, 3.05) is 0 Å². The molecule has 0 rings (SSSR count). The number of rotatable bonds is 0. The van der Waals surface area contributed by atoms with Crippen LogP contribution in [-0.4, -0.2) is 27.3 Å². The predicted octanol–water partition coefficient (Wildman–Crippen LogP) is -8.99. The molecule has 0 bridgehead atoms. The molecule has 5 heavy (non-hydrogen) atoms. The van der Waals surface area contributed by atoms with Crippen LogP contribution in [0.15, 0.2) is 0 Å². The van der Waals surface area contributed by atoms with E-state index in [1.54, 1.807) is 0 Å².